The van der Waals surface area contributed by atoms with Crippen LogP contribution in [0.3, 0.4) is 0 Å². The summed E-state index contributed by atoms with van der Waals surface area (Å²) in [6, 6.07) is 7.56. The van der Waals surface area contributed by atoms with Gasteiger partial charge in [-0.3, -0.25) is 5.01 Å². The van der Waals surface area contributed by atoms with Crippen LogP contribution in [0, 0.1) is 6.92 Å². The standard InChI is InChI=1S/C23H29F3N4/c1-5-17-8-7-9-18(6-2)21(17)29(4)28-20-10-12-30(13-11-20)22-16(3)14-19(15-27-22)23(24,25)26/h7-9,14-15H,5-6,10-13H2,1-4H3. The van der Waals surface area contributed by atoms with Crippen molar-refractivity contribution in [3.63, 3.8) is 0 Å². The third-order valence-electron chi connectivity index (χ3n) is 5.60. The predicted molar refractivity (Wildman–Crippen MR) is 116 cm³/mol. The molecular formula is C23H29F3N4. The molecule has 0 atom stereocenters. The molecule has 0 unspecified atom stereocenters. The molecule has 4 nitrogen and oxygen atoms in total. The fourth-order valence-corrected chi connectivity index (χ4v) is 4.02. The van der Waals surface area contributed by atoms with E-state index < -0.39 is 11.7 Å². The molecule has 2 aromatic rings. The second-order valence-electron chi connectivity index (χ2n) is 7.67. The van der Waals surface area contributed by atoms with E-state index in [1.54, 1.807) is 6.92 Å². The van der Waals surface area contributed by atoms with Crippen molar-refractivity contribution >= 4 is 17.2 Å². The topological polar surface area (TPSA) is 31.7 Å². The highest BCUT2D eigenvalue weighted by Crippen LogP contribution is 2.32. The monoisotopic (exact) mass is 418 g/mol. The first kappa shape index (κ1) is 22.1. The maximum absolute atomic E-state index is 12.9. The van der Waals surface area contributed by atoms with Crippen molar-refractivity contribution in [2.24, 2.45) is 5.10 Å². The molecule has 0 amide bonds. The van der Waals surface area contributed by atoms with E-state index in [0.717, 1.165) is 37.6 Å². The largest absolute Gasteiger partial charge is 0.417 e. The molecule has 7 heteroatoms. The predicted octanol–water partition coefficient (Wildman–Crippen LogP) is 5.63. The smallest absolute Gasteiger partial charge is 0.356 e. The number of piperidine rings is 1. The number of aryl methyl sites for hydroxylation is 3. The second-order valence-corrected chi connectivity index (χ2v) is 7.67. The minimum absolute atomic E-state index is 0.548. The number of pyridine rings is 1. The zero-order chi connectivity index (χ0) is 21.9. The van der Waals surface area contributed by atoms with Crippen LogP contribution >= 0.6 is 0 Å². The van der Waals surface area contributed by atoms with Crippen molar-refractivity contribution in [2.45, 2.75) is 52.6 Å². The highest BCUT2D eigenvalue weighted by Gasteiger charge is 2.32. The van der Waals surface area contributed by atoms with Gasteiger partial charge < -0.3 is 4.90 Å². The third kappa shape index (κ3) is 4.77. The van der Waals surface area contributed by atoms with Crippen LogP contribution in [-0.2, 0) is 19.0 Å². The number of rotatable bonds is 5. The summed E-state index contributed by atoms with van der Waals surface area (Å²) in [5.41, 5.74) is 4.69. The van der Waals surface area contributed by atoms with Gasteiger partial charge in [0.05, 0.1) is 11.3 Å². The lowest BCUT2D eigenvalue weighted by Gasteiger charge is -2.31. The van der Waals surface area contributed by atoms with E-state index in [0.29, 0.717) is 24.5 Å². The van der Waals surface area contributed by atoms with Crippen molar-refractivity contribution in [1.29, 1.82) is 0 Å². The van der Waals surface area contributed by atoms with Crippen LogP contribution in [0.4, 0.5) is 24.7 Å². The molecule has 30 heavy (non-hydrogen) atoms. The van der Waals surface area contributed by atoms with E-state index in [9.17, 15) is 13.2 Å². The van der Waals surface area contributed by atoms with Crippen molar-refractivity contribution in [1.82, 2.24) is 4.98 Å². The molecule has 1 aromatic heterocycles. The molecule has 0 aliphatic carbocycles. The molecule has 1 aliphatic heterocycles. The van der Waals surface area contributed by atoms with Crippen LogP contribution in [0.15, 0.2) is 35.6 Å². The van der Waals surface area contributed by atoms with Crippen LogP contribution in [0.2, 0.25) is 0 Å². The van der Waals surface area contributed by atoms with Crippen molar-refractivity contribution < 1.29 is 13.2 Å². The maximum atomic E-state index is 12.9. The van der Waals surface area contributed by atoms with Gasteiger partial charge in [0, 0.05) is 44.9 Å². The minimum atomic E-state index is -4.37. The molecule has 1 fully saturated rings. The number of hydrogen-bond donors (Lipinski definition) is 0. The van der Waals surface area contributed by atoms with E-state index in [-0.39, 0.29) is 0 Å². The molecule has 162 valence electrons. The van der Waals surface area contributed by atoms with Crippen molar-refractivity contribution in [2.75, 3.05) is 30.0 Å². The minimum Gasteiger partial charge on any atom is -0.356 e. The van der Waals surface area contributed by atoms with E-state index in [1.807, 2.05) is 17.0 Å². The van der Waals surface area contributed by atoms with Gasteiger partial charge >= 0.3 is 6.18 Å². The van der Waals surface area contributed by atoms with Gasteiger partial charge in [-0.2, -0.15) is 18.3 Å². The molecule has 1 saturated heterocycles. The summed E-state index contributed by atoms with van der Waals surface area (Å²) in [5, 5.41) is 6.86. The second kappa shape index (κ2) is 9.06. The molecule has 0 spiro atoms. The summed E-state index contributed by atoms with van der Waals surface area (Å²) in [7, 11) is 1.99. The van der Waals surface area contributed by atoms with Gasteiger partial charge in [-0.1, -0.05) is 32.0 Å². The number of benzene rings is 1. The number of aromatic nitrogens is 1. The first-order chi connectivity index (χ1) is 14.2. The number of halogens is 3. The Kier molecular flexibility index (Phi) is 6.68. The van der Waals surface area contributed by atoms with Crippen LogP contribution < -0.4 is 9.91 Å². The Morgan fingerprint density at radius 1 is 1.10 bits per heavy atom. The lowest BCUT2D eigenvalue weighted by Crippen LogP contribution is -2.36. The Morgan fingerprint density at radius 3 is 2.20 bits per heavy atom. The summed E-state index contributed by atoms with van der Waals surface area (Å²) in [4.78, 5) is 6.15. The molecule has 0 saturated carbocycles. The van der Waals surface area contributed by atoms with Crippen LogP contribution in [0.25, 0.3) is 0 Å². The Morgan fingerprint density at radius 2 is 1.70 bits per heavy atom. The van der Waals surface area contributed by atoms with Crippen LogP contribution in [0.1, 0.15) is 48.9 Å². The maximum Gasteiger partial charge on any atom is 0.417 e. The van der Waals surface area contributed by atoms with E-state index >= 15 is 0 Å². The zero-order valence-electron chi connectivity index (χ0n) is 18.1. The summed E-state index contributed by atoms with van der Waals surface area (Å²) in [6.45, 7) is 7.38. The third-order valence-corrected chi connectivity index (χ3v) is 5.60. The fraction of sp³-hybridized carbons (Fsp3) is 0.478. The number of nitrogens with zero attached hydrogens (tertiary/aromatic N) is 4. The molecule has 0 bridgehead atoms. The van der Waals surface area contributed by atoms with Crippen LogP contribution in [-0.4, -0.2) is 30.8 Å². The van der Waals surface area contributed by atoms with Gasteiger partial charge in [0.1, 0.15) is 5.82 Å². The molecule has 1 aromatic carbocycles. The lowest BCUT2D eigenvalue weighted by molar-refractivity contribution is -0.137. The molecule has 0 N–H and O–H groups in total. The zero-order valence-corrected chi connectivity index (χ0v) is 18.1. The van der Waals surface area contributed by atoms with Gasteiger partial charge in [-0.25, -0.2) is 4.98 Å². The fourth-order valence-electron chi connectivity index (χ4n) is 4.02. The first-order valence-electron chi connectivity index (χ1n) is 10.4. The molecule has 1 aliphatic rings. The van der Waals surface area contributed by atoms with Crippen molar-refractivity contribution in [3.05, 3.63) is 52.7 Å². The average molecular weight is 419 g/mol. The summed E-state index contributed by atoms with van der Waals surface area (Å²) in [6.07, 6.45) is -0.0110. The number of anilines is 2. The van der Waals surface area contributed by atoms with Crippen LogP contribution in [0.5, 0.6) is 0 Å². The quantitative estimate of drug-likeness (QED) is 0.590. The van der Waals surface area contributed by atoms with Gasteiger partial charge in [0.15, 0.2) is 0 Å². The lowest BCUT2D eigenvalue weighted by atomic mass is 10.0. The van der Waals surface area contributed by atoms with E-state index in [4.69, 9.17) is 5.10 Å². The normalized spacial score (nSPS) is 14.8. The molecule has 2 heterocycles. The Hall–Kier alpha value is -2.57. The van der Waals surface area contributed by atoms with Gasteiger partial charge in [-0.05, 0) is 42.5 Å². The highest BCUT2D eigenvalue weighted by atomic mass is 19.4. The number of hydrazone groups is 1. The average Bonchev–Trinajstić information content (AvgIpc) is 2.73. The van der Waals surface area contributed by atoms with Gasteiger partial charge in [0.25, 0.3) is 0 Å². The first-order valence-corrected chi connectivity index (χ1v) is 10.4. The number of hydrogen-bond acceptors (Lipinski definition) is 4. The number of alkyl halides is 3. The number of para-hydroxylation sites is 1. The van der Waals surface area contributed by atoms with E-state index in [2.05, 4.69) is 37.0 Å². The molecule has 0 radical (unpaired) electrons. The molecular weight excluding hydrogens is 389 g/mol. The van der Waals surface area contributed by atoms with Gasteiger partial charge in [0.2, 0.25) is 0 Å². The Balaban J connectivity index is 1.72. The Bertz CT molecular complexity index is 889. The summed E-state index contributed by atoms with van der Waals surface area (Å²) < 4.78 is 38.7. The SMILES string of the molecule is CCc1cccc(CC)c1N(C)N=C1CCN(c2ncc(C(F)(F)F)cc2C)CC1. The van der Waals surface area contributed by atoms with Gasteiger partial charge in [-0.15, -0.1) is 0 Å². The highest BCUT2D eigenvalue weighted by molar-refractivity contribution is 5.87. The van der Waals surface area contributed by atoms with E-state index in [1.165, 1.54) is 22.9 Å². The summed E-state index contributed by atoms with van der Waals surface area (Å²) in [5.74, 6) is 0.625. The summed E-state index contributed by atoms with van der Waals surface area (Å²) >= 11 is 0. The molecule has 3 rings (SSSR count). The Labute approximate surface area is 176 Å². The van der Waals surface area contributed by atoms with Crippen molar-refractivity contribution in [3.8, 4) is 0 Å².